The topological polar surface area (TPSA) is 49.4 Å². The molecule has 13 heavy (non-hydrogen) atoms. The normalized spacial score (nSPS) is 33.2. The molecule has 0 aromatic rings. The van der Waals surface area contributed by atoms with Gasteiger partial charge in [0.25, 0.3) is 0 Å². The Kier molecular flexibility index (Phi) is 2.19. The van der Waals surface area contributed by atoms with E-state index in [4.69, 9.17) is 0 Å². The number of amides is 2. The molecule has 2 aliphatic rings. The number of thiol groups is 1. The molecular formula is C8H12N2O2S. The molecule has 0 aromatic carbocycles. The van der Waals surface area contributed by atoms with Crippen molar-refractivity contribution < 1.29 is 9.59 Å². The molecule has 4 nitrogen and oxygen atoms in total. The van der Waals surface area contributed by atoms with Crippen molar-refractivity contribution >= 4 is 24.4 Å². The molecule has 72 valence electrons. The molecule has 5 heteroatoms. The first-order valence-corrected chi connectivity index (χ1v) is 5.09. The van der Waals surface area contributed by atoms with E-state index in [2.05, 4.69) is 17.9 Å². The fourth-order valence-corrected chi connectivity index (χ4v) is 2.20. The SMILES string of the molecule is O=C1N[C@@H](CS)C(=O)N2CCCC12. The molecule has 0 bridgehead atoms. The second-order valence-electron chi connectivity index (χ2n) is 3.43. The Morgan fingerprint density at radius 3 is 3.00 bits per heavy atom. The maximum absolute atomic E-state index is 11.6. The minimum absolute atomic E-state index is 0.0175. The molecule has 2 fully saturated rings. The molecule has 2 rings (SSSR count). The smallest absolute Gasteiger partial charge is 0.246 e. The van der Waals surface area contributed by atoms with Gasteiger partial charge >= 0.3 is 0 Å². The van der Waals surface area contributed by atoms with Gasteiger partial charge in [0.2, 0.25) is 11.8 Å². The summed E-state index contributed by atoms with van der Waals surface area (Å²) in [6.07, 6.45) is 1.74. The van der Waals surface area contributed by atoms with Crippen LogP contribution in [0.2, 0.25) is 0 Å². The van der Waals surface area contributed by atoms with E-state index in [0.29, 0.717) is 5.75 Å². The molecule has 2 heterocycles. The average molecular weight is 200 g/mol. The summed E-state index contributed by atoms with van der Waals surface area (Å²) in [6, 6.07) is -0.617. The minimum atomic E-state index is -0.412. The molecular weight excluding hydrogens is 188 g/mol. The monoisotopic (exact) mass is 200 g/mol. The third kappa shape index (κ3) is 1.31. The lowest BCUT2D eigenvalue weighted by atomic mass is 10.1. The molecule has 2 aliphatic heterocycles. The van der Waals surface area contributed by atoms with Crippen molar-refractivity contribution in [1.82, 2.24) is 10.2 Å². The van der Waals surface area contributed by atoms with E-state index in [1.165, 1.54) is 0 Å². The van der Waals surface area contributed by atoms with Crippen molar-refractivity contribution in [2.75, 3.05) is 12.3 Å². The summed E-state index contributed by atoms with van der Waals surface area (Å²) >= 11 is 4.03. The van der Waals surface area contributed by atoms with Gasteiger partial charge in [-0.05, 0) is 12.8 Å². The second kappa shape index (κ2) is 3.21. The van der Waals surface area contributed by atoms with E-state index < -0.39 is 6.04 Å². The highest BCUT2D eigenvalue weighted by atomic mass is 32.1. The van der Waals surface area contributed by atoms with Gasteiger partial charge in [0, 0.05) is 12.3 Å². The van der Waals surface area contributed by atoms with Crippen LogP contribution in [0.15, 0.2) is 0 Å². The van der Waals surface area contributed by atoms with Gasteiger partial charge in [-0.2, -0.15) is 12.6 Å². The van der Waals surface area contributed by atoms with Gasteiger partial charge in [0.1, 0.15) is 12.1 Å². The molecule has 0 spiro atoms. The predicted molar refractivity (Wildman–Crippen MR) is 50.5 cm³/mol. The van der Waals surface area contributed by atoms with E-state index in [-0.39, 0.29) is 17.9 Å². The first-order chi connectivity index (χ1) is 6.24. The van der Waals surface area contributed by atoms with E-state index in [0.717, 1.165) is 19.4 Å². The van der Waals surface area contributed by atoms with Crippen LogP contribution in [0.5, 0.6) is 0 Å². The molecule has 0 aliphatic carbocycles. The maximum atomic E-state index is 11.6. The number of carbonyl (C=O) groups is 2. The minimum Gasteiger partial charge on any atom is -0.342 e. The van der Waals surface area contributed by atoms with E-state index >= 15 is 0 Å². The lowest BCUT2D eigenvalue weighted by Crippen LogP contribution is -2.61. The third-order valence-electron chi connectivity index (χ3n) is 2.64. The highest BCUT2D eigenvalue weighted by Gasteiger charge is 2.42. The van der Waals surface area contributed by atoms with Crippen LogP contribution in [-0.4, -0.2) is 41.1 Å². The highest BCUT2D eigenvalue weighted by molar-refractivity contribution is 7.80. The fraction of sp³-hybridized carbons (Fsp3) is 0.750. The van der Waals surface area contributed by atoms with E-state index in [9.17, 15) is 9.59 Å². The first kappa shape index (κ1) is 8.87. The van der Waals surface area contributed by atoms with Crippen LogP contribution in [0.4, 0.5) is 0 Å². The summed E-state index contributed by atoms with van der Waals surface area (Å²) in [5.74, 6) is 0.390. The van der Waals surface area contributed by atoms with Gasteiger partial charge in [0.05, 0.1) is 0 Å². The summed E-state index contributed by atoms with van der Waals surface area (Å²) < 4.78 is 0. The number of carbonyl (C=O) groups excluding carboxylic acids is 2. The first-order valence-electron chi connectivity index (χ1n) is 4.46. The Labute approximate surface area is 82.1 Å². The van der Waals surface area contributed by atoms with Gasteiger partial charge in [0.15, 0.2) is 0 Å². The Morgan fingerprint density at radius 2 is 2.31 bits per heavy atom. The summed E-state index contributed by atoms with van der Waals surface area (Å²) in [6.45, 7) is 0.723. The van der Waals surface area contributed by atoms with Crippen LogP contribution in [-0.2, 0) is 9.59 Å². The number of nitrogens with zero attached hydrogens (tertiary/aromatic N) is 1. The lowest BCUT2D eigenvalue weighted by molar-refractivity contribution is -0.146. The number of rotatable bonds is 1. The van der Waals surface area contributed by atoms with Crippen molar-refractivity contribution in [3.05, 3.63) is 0 Å². The highest BCUT2D eigenvalue weighted by Crippen LogP contribution is 2.21. The van der Waals surface area contributed by atoms with Crippen molar-refractivity contribution in [3.63, 3.8) is 0 Å². The van der Waals surface area contributed by atoms with Crippen molar-refractivity contribution in [2.45, 2.75) is 24.9 Å². The Hall–Kier alpha value is -0.710. The average Bonchev–Trinajstić information content (AvgIpc) is 2.60. The summed E-state index contributed by atoms with van der Waals surface area (Å²) in [5, 5.41) is 2.68. The Bertz CT molecular complexity index is 257. The van der Waals surface area contributed by atoms with Gasteiger partial charge in [-0.3, -0.25) is 9.59 Å². The summed E-state index contributed by atoms with van der Waals surface area (Å²) in [5.41, 5.74) is 0. The number of fused-ring (bicyclic) bond motifs is 1. The van der Waals surface area contributed by atoms with Gasteiger partial charge < -0.3 is 10.2 Å². The van der Waals surface area contributed by atoms with Crippen LogP contribution in [0.1, 0.15) is 12.8 Å². The summed E-state index contributed by atoms with van der Waals surface area (Å²) in [7, 11) is 0. The Balaban J connectivity index is 2.19. The number of nitrogens with one attached hydrogen (secondary N) is 1. The summed E-state index contributed by atoms with van der Waals surface area (Å²) in [4.78, 5) is 24.8. The van der Waals surface area contributed by atoms with E-state index in [1.807, 2.05) is 0 Å². The molecule has 2 atom stereocenters. The predicted octanol–water partition coefficient (Wildman–Crippen LogP) is -0.594. The van der Waals surface area contributed by atoms with Gasteiger partial charge in [-0.15, -0.1) is 0 Å². The molecule has 2 amide bonds. The van der Waals surface area contributed by atoms with Crippen molar-refractivity contribution in [1.29, 1.82) is 0 Å². The zero-order chi connectivity index (χ0) is 9.42. The quantitative estimate of drug-likeness (QED) is 0.556. The molecule has 1 unspecified atom stereocenters. The largest absolute Gasteiger partial charge is 0.342 e. The Morgan fingerprint density at radius 1 is 1.54 bits per heavy atom. The lowest BCUT2D eigenvalue weighted by Gasteiger charge is -2.33. The van der Waals surface area contributed by atoms with Gasteiger partial charge in [-0.1, -0.05) is 0 Å². The number of hydrogen-bond acceptors (Lipinski definition) is 3. The molecule has 1 N–H and O–H groups in total. The fourth-order valence-electron chi connectivity index (χ4n) is 1.96. The van der Waals surface area contributed by atoms with E-state index in [1.54, 1.807) is 4.90 Å². The molecule has 0 saturated carbocycles. The van der Waals surface area contributed by atoms with Crippen molar-refractivity contribution in [2.24, 2.45) is 0 Å². The second-order valence-corrected chi connectivity index (χ2v) is 3.80. The number of piperazine rings is 1. The molecule has 2 saturated heterocycles. The van der Waals surface area contributed by atoms with Crippen LogP contribution in [0, 0.1) is 0 Å². The molecule has 0 aromatic heterocycles. The zero-order valence-corrected chi connectivity index (χ0v) is 8.09. The zero-order valence-electron chi connectivity index (χ0n) is 7.19. The van der Waals surface area contributed by atoms with Gasteiger partial charge in [-0.25, -0.2) is 0 Å². The maximum Gasteiger partial charge on any atom is 0.246 e. The van der Waals surface area contributed by atoms with Crippen LogP contribution in [0.3, 0.4) is 0 Å². The number of hydrogen-bond donors (Lipinski definition) is 2. The standard InChI is InChI=1S/C8H12N2O2S/c11-7-6-2-1-3-10(6)8(12)5(4-13)9-7/h5-6,13H,1-4H2,(H,9,11)/t5-,6?/m0/s1. The van der Waals surface area contributed by atoms with Crippen LogP contribution in [0.25, 0.3) is 0 Å². The van der Waals surface area contributed by atoms with Crippen LogP contribution >= 0.6 is 12.6 Å². The van der Waals surface area contributed by atoms with Crippen LogP contribution < -0.4 is 5.32 Å². The van der Waals surface area contributed by atoms with Crippen molar-refractivity contribution in [3.8, 4) is 0 Å². The molecule has 0 radical (unpaired) electrons. The third-order valence-corrected chi connectivity index (χ3v) is 3.00.